The van der Waals surface area contributed by atoms with Crippen LogP contribution in [0.15, 0.2) is 91.0 Å². The van der Waals surface area contributed by atoms with Gasteiger partial charge in [-0.15, -0.1) is 0 Å². The molecule has 17 rings (SSSR count). The summed E-state index contributed by atoms with van der Waals surface area (Å²) in [6.45, 7) is 12.0. The number of rotatable bonds is 6. The Hall–Kier alpha value is -4.32. The highest BCUT2D eigenvalue weighted by Crippen LogP contribution is 2.63. The molecule has 6 nitrogen and oxygen atoms in total. The number of aromatic nitrogens is 6. The maximum Gasteiger partial charge on any atom is 0.163 e. The lowest BCUT2D eigenvalue weighted by atomic mass is 9.49. The van der Waals surface area contributed by atoms with Gasteiger partial charge < -0.3 is 0 Å². The van der Waals surface area contributed by atoms with Gasteiger partial charge in [0.1, 0.15) is 17.5 Å². The second-order valence-corrected chi connectivity index (χ2v) is 22.3. The summed E-state index contributed by atoms with van der Waals surface area (Å²) in [4.78, 5) is 31.2. The molecule has 12 aliphatic carbocycles. The van der Waals surface area contributed by atoms with Crippen LogP contribution in [0.1, 0.15) is 175 Å². The number of benzene rings is 3. The van der Waals surface area contributed by atoms with Gasteiger partial charge in [0.15, 0.2) is 17.5 Å². The summed E-state index contributed by atoms with van der Waals surface area (Å²) in [6.07, 6.45) is 24.9. The molecule has 12 bridgehead atoms. The first-order valence-corrected chi connectivity index (χ1v) is 27.1. The predicted octanol–water partition coefficient (Wildman–Crippen LogP) is 15.2. The Kier molecular flexibility index (Phi) is 13.1. The molecular weight excluding hydrogens is 805 g/mol. The summed E-state index contributed by atoms with van der Waals surface area (Å²) >= 11 is 0. The van der Waals surface area contributed by atoms with Crippen LogP contribution >= 0.6 is 0 Å². The fourth-order valence-corrected chi connectivity index (χ4v) is 16.8. The first-order valence-electron chi connectivity index (χ1n) is 27.1. The molecule has 3 aromatic carbocycles. The van der Waals surface area contributed by atoms with Crippen molar-refractivity contribution in [3.05, 3.63) is 108 Å². The Morgan fingerprint density at radius 1 is 0.273 bits per heavy atom. The highest BCUT2D eigenvalue weighted by atomic mass is 15.1. The van der Waals surface area contributed by atoms with Crippen molar-refractivity contribution < 1.29 is 0 Å². The third kappa shape index (κ3) is 8.59. The maximum absolute atomic E-state index is 5.52. The number of hydrogen-bond acceptors (Lipinski definition) is 6. The molecule has 0 N–H and O–H groups in total. The van der Waals surface area contributed by atoms with Crippen LogP contribution in [0.25, 0.3) is 34.2 Å². The van der Waals surface area contributed by atoms with Crippen molar-refractivity contribution in [3.63, 3.8) is 0 Å². The third-order valence-electron chi connectivity index (χ3n) is 17.9. The lowest BCUT2D eigenvalue weighted by Crippen LogP contribution is -2.51. The van der Waals surface area contributed by atoms with Crippen LogP contribution < -0.4 is 0 Å². The first-order chi connectivity index (χ1) is 32.4. The van der Waals surface area contributed by atoms with Gasteiger partial charge in [-0.2, -0.15) is 0 Å². The van der Waals surface area contributed by atoms with Gasteiger partial charge in [-0.1, -0.05) is 133 Å². The van der Waals surface area contributed by atoms with Gasteiger partial charge >= 0.3 is 0 Å². The lowest BCUT2D eigenvalue weighted by Gasteiger charge is -2.57. The molecule has 0 aliphatic heterocycles. The molecule has 0 atom stereocenters. The summed E-state index contributed by atoms with van der Waals surface area (Å²) in [5.74, 6) is 14.2. The standard InChI is InChI=1S/C29H35N3.C25H25N3.3C2H6/c1-2-4-24(5-3-1)25-30-26(28-12-18-6-19(13-28)8-20(7-18)14-28)32-27(31-25)29-15-21-9-22(16-29)11-23(10-21)17-29;1-3-7-20(8-4-1)22-26-23(21-9-5-2-6-10-21)28-24(27-22)25-14-17-11-18(15-25)13-19(12-17)16-25;3*1-2/h1-5,18-23H,6-17H2;1-10,17-19H,11-16H2;3*1-2H3. The molecule has 6 heteroatoms. The molecule has 5 aromatic rings. The van der Waals surface area contributed by atoms with E-state index in [-0.39, 0.29) is 16.2 Å². The van der Waals surface area contributed by atoms with Crippen molar-refractivity contribution >= 4 is 0 Å². The molecule has 2 heterocycles. The fraction of sp³-hybridized carbons (Fsp3) is 0.600. The smallest absolute Gasteiger partial charge is 0.163 e. The van der Waals surface area contributed by atoms with Gasteiger partial charge in [-0.05, 0) is 169 Å². The highest BCUT2D eigenvalue weighted by Gasteiger charge is 2.57. The Balaban J connectivity index is 0.000000141. The normalized spacial score (nSPS) is 35.3. The monoisotopic (exact) mass is 883 g/mol. The number of hydrogen-bond donors (Lipinski definition) is 0. The summed E-state index contributed by atoms with van der Waals surface area (Å²) < 4.78 is 0. The van der Waals surface area contributed by atoms with E-state index in [0.29, 0.717) is 0 Å². The summed E-state index contributed by atoms with van der Waals surface area (Å²) in [5.41, 5.74) is 3.97. The molecule has 0 unspecified atom stereocenters. The average molecular weight is 883 g/mol. The van der Waals surface area contributed by atoms with E-state index in [1.54, 1.807) is 0 Å². The van der Waals surface area contributed by atoms with Crippen LogP contribution in [0.4, 0.5) is 0 Å². The van der Waals surface area contributed by atoms with Crippen LogP contribution in [-0.4, -0.2) is 29.9 Å². The molecule has 0 saturated heterocycles. The van der Waals surface area contributed by atoms with Gasteiger partial charge in [-0.25, -0.2) is 29.9 Å². The molecule has 12 saturated carbocycles. The van der Waals surface area contributed by atoms with Crippen LogP contribution in [0.2, 0.25) is 0 Å². The van der Waals surface area contributed by atoms with E-state index in [9.17, 15) is 0 Å². The first kappa shape index (κ1) is 45.5. The topological polar surface area (TPSA) is 77.3 Å². The van der Waals surface area contributed by atoms with Gasteiger partial charge in [0.25, 0.3) is 0 Å². The minimum atomic E-state index is 0.171. The van der Waals surface area contributed by atoms with Crippen LogP contribution in [-0.2, 0) is 16.2 Å². The second kappa shape index (κ2) is 19.0. The molecular formula is C60H78N6. The minimum Gasteiger partial charge on any atom is -0.217 e. The van der Waals surface area contributed by atoms with Crippen molar-refractivity contribution in [1.29, 1.82) is 0 Å². The Labute approximate surface area is 397 Å². The maximum atomic E-state index is 5.52. The predicted molar refractivity (Wildman–Crippen MR) is 270 cm³/mol. The zero-order valence-electron chi connectivity index (χ0n) is 41.3. The SMILES string of the molecule is CC.CC.CC.c1ccc(-c2nc(-c3ccccc3)nc(C34CC5CC(CC(C5)C3)C4)n2)cc1.c1ccc(-c2nc(C34CC5CC(CC(C5)C3)C4)nc(C34CC5CC(CC(C5)C3)C4)n2)cc1. The second-order valence-electron chi connectivity index (χ2n) is 22.3. The van der Waals surface area contributed by atoms with E-state index >= 15 is 0 Å². The summed E-state index contributed by atoms with van der Waals surface area (Å²) in [6, 6.07) is 31.5. The lowest BCUT2D eigenvalue weighted by molar-refractivity contribution is -0.0155. The Morgan fingerprint density at radius 3 is 0.697 bits per heavy atom. The van der Waals surface area contributed by atoms with E-state index in [1.807, 2.05) is 53.7 Å². The molecule has 2 aromatic heterocycles. The zero-order valence-corrected chi connectivity index (χ0v) is 41.3. The Bertz CT molecular complexity index is 2170. The van der Waals surface area contributed by atoms with Crippen molar-refractivity contribution in [1.82, 2.24) is 29.9 Å². The molecule has 0 radical (unpaired) electrons. The van der Waals surface area contributed by atoms with E-state index < -0.39 is 0 Å². The van der Waals surface area contributed by atoms with E-state index in [0.717, 1.165) is 87.7 Å². The van der Waals surface area contributed by atoms with Crippen LogP contribution in [0.5, 0.6) is 0 Å². The molecule has 12 aliphatic rings. The molecule has 0 amide bonds. The van der Waals surface area contributed by atoms with Crippen molar-refractivity contribution in [2.45, 2.75) is 173 Å². The average Bonchev–Trinajstić information content (AvgIpc) is 3.35. The van der Waals surface area contributed by atoms with Gasteiger partial charge in [0.05, 0.1) is 0 Å². The number of nitrogens with zero attached hydrogens (tertiary/aromatic N) is 6. The van der Waals surface area contributed by atoms with Crippen molar-refractivity contribution in [2.24, 2.45) is 53.3 Å². The largest absolute Gasteiger partial charge is 0.217 e. The molecule has 66 heavy (non-hydrogen) atoms. The van der Waals surface area contributed by atoms with E-state index in [1.165, 1.54) is 133 Å². The highest BCUT2D eigenvalue weighted by molar-refractivity contribution is 5.61. The van der Waals surface area contributed by atoms with Gasteiger partial charge in [0, 0.05) is 32.9 Å². The minimum absolute atomic E-state index is 0.171. The molecule has 12 fully saturated rings. The molecule has 348 valence electrons. The summed E-state index contributed by atoms with van der Waals surface area (Å²) in [7, 11) is 0. The zero-order chi connectivity index (χ0) is 45.5. The van der Waals surface area contributed by atoms with E-state index in [2.05, 4.69) is 78.9 Å². The van der Waals surface area contributed by atoms with Crippen molar-refractivity contribution in [2.75, 3.05) is 0 Å². The van der Waals surface area contributed by atoms with Crippen LogP contribution in [0, 0.1) is 53.3 Å². The quantitative estimate of drug-likeness (QED) is 0.169. The van der Waals surface area contributed by atoms with Gasteiger partial charge in [-0.3, -0.25) is 0 Å². The Morgan fingerprint density at radius 2 is 0.470 bits per heavy atom. The van der Waals surface area contributed by atoms with Gasteiger partial charge in [0.2, 0.25) is 0 Å². The van der Waals surface area contributed by atoms with Crippen LogP contribution in [0.3, 0.4) is 0 Å². The van der Waals surface area contributed by atoms with Crippen molar-refractivity contribution in [3.8, 4) is 34.2 Å². The summed E-state index contributed by atoms with van der Waals surface area (Å²) in [5, 5.41) is 0. The third-order valence-corrected chi connectivity index (χ3v) is 17.9. The molecule has 0 spiro atoms. The van der Waals surface area contributed by atoms with E-state index in [4.69, 9.17) is 29.9 Å². The fourth-order valence-electron chi connectivity index (χ4n) is 16.8.